The summed E-state index contributed by atoms with van der Waals surface area (Å²) in [4.78, 5) is 51.6. The average Bonchev–Trinajstić information content (AvgIpc) is 3.12. The monoisotopic (exact) mass is 556 g/mol. The second kappa shape index (κ2) is 11.5. The van der Waals surface area contributed by atoms with E-state index in [1.165, 1.54) is 31.4 Å². The highest BCUT2D eigenvalue weighted by molar-refractivity contribution is 8.18. The maximum atomic E-state index is 13.0. The first kappa shape index (κ1) is 26.3. The van der Waals surface area contributed by atoms with Crippen molar-refractivity contribution < 1.29 is 28.7 Å². The number of esters is 1. The minimum atomic E-state index is -0.772. The third-order valence-corrected chi connectivity index (χ3v) is 6.55. The maximum absolute atomic E-state index is 13.0. The van der Waals surface area contributed by atoms with Crippen molar-refractivity contribution in [2.24, 2.45) is 0 Å². The minimum Gasteiger partial charge on any atom is -0.493 e. The molecule has 0 bridgehead atoms. The quantitative estimate of drug-likeness (QED) is 0.219. The molecule has 0 aromatic heterocycles. The number of hydrogen-bond acceptors (Lipinski definition) is 7. The number of benzene rings is 3. The van der Waals surface area contributed by atoms with E-state index >= 15 is 0 Å². The second-order valence-electron chi connectivity index (χ2n) is 7.57. The number of methoxy groups -OCH3 is 1. The molecule has 0 radical (unpaired) electrons. The number of carbonyl (C=O) groups excluding carboxylic acids is 4. The van der Waals surface area contributed by atoms with E-state index < -0.39 is 29.6 Å². The lowest BCUT2D eigenvalue weighted by Gasteiger charge is -2.13. The molecule has 4 rings (SSSR count). The van der Waals surface area contributed by atoms with Gasteiger partial charge in [0.05, 0.1) is 22.6 Å². The van der Waals surface area contributed by atoms with Crippen LogP contribution in [0.15, 0.2) is 71.6 Å². The van der Waals surface area contributed by atoms with E-state index in [0.29, 0.717) is 28.0 Å². The number of ether oxygens (including phenoxy) is 2. The number of halogens is 2. The second-order valence-corrected chi connectivity index (χ2v) is 9.41. The zero-order chi connectivity index (χ0) is 26.5. The fourth-order valence-electron chi connectivity index (χ4n) is 3.36. The van der Waals surface area contributed by atoms with E-state index in [1.807, 2.05) is 0 Å². The predicted molar refractivity (Wildman–Crippen MR) is 142 cm³/mol. The number of nitrogens with one attached hydrogen (secondary N) is 1. The van der Waals surface area contributed by atoms with Crippen LogP contribution >= 0.6 is 35.0 Å². The van der Waals surface area contributed by atoms with Gasteiger partial charge in [0.15, 0.2) is 11.5 Å². The number of amides is 3. The molecule has 3 aromatic carbocycles. The highest BCUT2D eigenvalue weighted by Crippen LogP contribution is 2.38. The van der Waals surface area contributed by atoms with E-state index in [-0.39, 0.29) is 27.0 Å². The first-order chi connectivity index (χ1) is 17.8. The van der Waals surface area contributed by atoms with E-state index in [1.54, 1.807) is 48.5 Å². The van der Waals surface area contributed by atoms with Gasteiger partial charge in [-0.05, 0) is 54.2 Å². The minimum absolute atomic E-state index is 0.0228. The number of thioether (sulfide) groups is 1. The van der Waals surface area contributed by atoms with Crippen LogP contribution in [0.2, 0.25) is 10.0 Å². The van der Waals surface area contributed by atoms with Gasteiger partial charge in [0.25, 0.3) is 11.1 Å². The van der Waals surface area contributed by atoms with E-state index in [4.69, 9.17) is 32.7 Å². The van der Waals surface area contributed by atoms with Gasteiger partial charge in [-0.1, -0.05) is 53.5 Å². The number of anilines is 1. The lowest BCUT2D eigenvalue weighted by atomic mass is 10.1. The fraction of sp³-hybridized carbons (Fsp3) is 0.0769. The number of para-hydroxylation sites is 2. The van der Waals surface area contributed by atoms with E-state index in [9.17, 15) is 19.2 Å². The number of imide groups is 1. The molecule has 0 aliphatic carbocycles. The topological polar surface area (TPSA) is 102 Å². The van der Waals surface area contributed by atoms with Gasteiger partial charge in [-0.2, -0.15) is 0 Å². The van der Waals surface area contributed by atoms with Crippen LogP contribution in [0.4, 0.5) is 10.5 Å². The molecule has 1 aliphatic heterocycles. The smallest absolute Gasteiger partial charge is 0.345 e. The molecular weight excluding hydrogens is 539 g/mol. The Morgan fingerprint density at radius 3 is 2.49 bits per heavy atom. The van der Waals surface area contributed by atoms with Crippen LogP contribution in [0.25, 0.3) is 6.08 Å². The van der Waals surface area contributed by atoms with Gasteiger partial charge < -0.3 is 14.8 Å². The van der Waals surface area contributed by atoms with Crippen LogP contribution in [0.5, 0.6) is 11.5 Å². The summed E-state index contributed by atoms with van der Waals surface area (Å²) in [6.45, 7) is -0.452. The highest BCUT2D eigenvalue weighted by Gasteiger charge is 2.36. The standard InChI is InChI=1S/C26H18Cl2N2O6S/c1-35-20-9-5-6-15(23(20)36-25(33)18-11-10-16(27)13-19(18)28)12-21-24(32)30(26(34)37-21)14-22(31)29-17-7-3-2-4-8-17/h2-13H,14H2,1H3,(H,29,31)/b21-12-. The zero-order valence-corrected chi connectivity index (χ0v) is 21.5. The van der Waals surface area contributed by atoms with Gasteiger partial charge in [-0.25, -0.2) is 4.79 Å². The van der Waals surface area contributed by atoms with Crippen LogP contribution < -0.4 is 14.8 Å². The number of nitrogens with zero attached hydrogens (tertiary/aromatic N) is 1. The molecule has 8 nitrogen and oxygen atoms in total. The van der Waals surface area contributed by atoms with Gasteiger partial charge in [-0.15, -0.1) is 0 Å². The van der Waals surface area contributed by atoms with Gasteiger partial charge >= 0.3 is 5.97 Å². The first-order valence-electron chi connectivity index (χ1n) is 10.7. The third-order valence-electron chi connectivity index (χ3n) is 5.09. The van der Waals surface area contributed by atoms with Crippen molar-refractivity contribution in [2.75, 3.05) is 19.0 Å². The van der Waals surface area contributed by atoms with Gasteiger partial charge in [0, 0.05) is 16.3 Å². The van der Waals surface area contributed by atoms with Crippen LogP contribution in [0.1, 0.15) is 15.9 Å². The number of rotatable bonds is 7. The highest BCUT2D eigenvalue weighted by atomic mass is 35.5. The summed E-state index contributed by atoms with van der Waals surface area (Å²) in [5.41, 5.74) is 0.920. The predicted octanol–water partition coefficient (Wildman–Crippen LogP) is 5.90. The average molecular weight is 557 g/mol. The Hall–Kier alpha value is -3.79. The largest absolute Gasteiger partial charge is 0.493 e. The Labute approximate surface area is 226 Å². The number of carbonyl (C=O) groups is 4. The molecule has 3 aromatic rings. The summed E-state index contributed by atoms with van der Waals surface area (Å²) < 4.78 is 10.9. The summed E-state index contributed by atoms with van der Waals surface area (Å²) in [5, 5.41) is 2.49. The summed E-state index contributed by atoms with van der Waals surface area (Å²) >= 11 is 12.7. The van der Waals surface area contributed by atoms with Gasteiger partial charge in [-0.3, -0.25) is 19.3 Å². The van der Waals surface area contributed by atoms with Crippen LogP contribution in [0, 0.1) is 0 Å². The lowest BCUT2D eigenvalue weighted by molar-refractivity contribution is -0.127. The molecule has 0 spiro atoms. The lowest BCUT2D eigenvalue weighted by Crippen LogP contribution is -2.36. The van der Waals surface area contributed by atoms with E-state index in [0.717, 1.165) is 4.90 Å². The van der Waals surface area contributed by atoms with Crippen molar-refractivity contribution in [3.63, 3.8) is 0 Å². The molecular formula is C26H18Cl2N2O6S. The Morgan fingerprint density at radius 1 is 1.03 bits per heavy atom. The van der Waals surface area contributed by atoms with Gasteiger partial charge in [0.2, 0.25) is 5.91 Å². The van der Waals surface area contributed by atoms with Crippen molar-refractivity contribution in [3.8, 4) is 11.5 Å². The maximum Gasteiger partial charge on any atom is 0.345 e. The molecule has 188 valence electrons. The molecule has 11 heteroatoms. The molecule has 1 aliphatic rings. The SMILES string of the molecule is COc1cccc(/C=C2\SC(=O)N(CC(=O)Nc3ccccc3)C2=O)c1OC(=O)c1ccc(Cl)cc1Cl. The Bertz CT molecular complexity index is 1430. The molecule has 1 N–H and O–H groups in total. The fourth-order valence-corrected chi connectivity index (χ4v) is 4.68. The molecule has 1 saturated heterocycles. The van der Waals surface area contributed by atoms with Crippen molar-refractivity contribution in [2.45, 2.75) is 0 Å². The van der Waals surface area contributed by atoms with Crippen molar-refractivity contribution in [1.82, 2.24) is 4.90 Å². The molecule has 0 unspecified atom stereocenters. The molecule has 1 heterocycles. The summed E-state index contributed by atoms with van der Waals surface area (Å²) in [6.07, 6.45) is 1.40. The summed E-state index contributed by atoms with van der Waals surface area (Å²) in [5.74, 6) is -1.71. The molecule has 0 saturated carbocycles. The summed E-state index contributed by atoms with van der Waals surface area (Å²) in [7, 11) is 1.39. The molecule has 37 heavy (non-hydrogen) atoms. The van der Waals surface area contributed by atoms with Gasteiger partial charge in [0.1, 0.15) is 6.54 Å². The van der Waals surface area contributed by atoms with Crippen LogP contribution in [-0.4, -0.2) is 41.6 Å². The van der Waals surface area contributed by atoms with Crippen molar-refractivity contribution in [3.05, 3.63) is 92.8 Å². The van der Waals surface area contributed by atoms with Crippen LogP contribution in [-0.2, 0) is 9.59 Å². The molecule has 3 amide bonds. The molecule has 1 fully saturated rings. The Balaban J connectivity index is 1.57. The van der Waals surface area contributed by atoms with Crippen molar-refractivity contribution in [1.29, 1.82) is 0 Å². The number of hydrogen-bond donors (Lipinski definition) is 1. The third kappa shape index (κ3) is 6.14. The zero-order valence-electron chi connectivity index (χ0n) is 19.2. The normalized spacial score (nSPS) is 14.1. The van der Waals surface area contributed by atoms with E-state index in [2.05, 4.69) is 5.32 Å². The molecule has 0 atom stereocenters. The summed E-state index contributed by atoms with van der Waals surface area (Å²) in [6, 6.07) is 17.8. The van der Waals surface area contributed by atoms with Crippen molar-refractivity contribution >= 4 is 69.8 Å². The van der Waals surface area contributed by atoms with Crippen LogP contribution in [0.3, 0.4) is 0 Å². The Kier molecular flexibility index (Phi) is 8.17. The first-order valence-corrected chi connectivity index (χ1v) is 12.3. The Morgan fingerprint density at radius 2 is 1.78 bits per heavy atom.